The number of ether oxygens (including phenoxy) is 3. The van der Waals surface area contributed by atoms with Crippen molar-refractivity contribution in [2.75, 3.05) is 33.5 Å². The van der Waals surface area contributed by atoms with E-state index in [1.807, 2.05) is 19.2 Å². The van der Waals surface area contributed by atoms with Crippen LogP contribution in [0, 0.1) is 5.92 Å². The Balaban J connectivity index is 1.93. The second kappa shape index (κ2) is 7.50. The number of nitrogens with one attached hydrogen (secondary N) is 1. The lowest BCUT2D eigenvalue weighted by Crippen LogP contribution is -2.23. The molecule has 0 bridgehead atoms. The third-order valence-corrected chi connectivity index (χ3v) is 3.44. The standard InChI is InChI=1S/C16H25NO3/c1-12(2)6-7-18-11-14(17-3)13-4-5-15-16(10-13)20-9-8-19-15/h4-5,10,12,14,17H,6-9,11H2,1-3H3. The Kier molecular flexibility index (Phi) is 5.68. The Bertz CT molecular complexity index is 420. The monoisotopic (exact) mass is 279 g/mol. The summed E-state index contributed by atoms with van der Waals surface area (Å²) in [5, 5.41) is 3.29. The third kappa shape index (κ3) is 4.12. The molecular weight excluding hydrogens is 254 g/mol. The van der Waals surface area contributed by atoms with Crippen molar-refractivity contribution in [1.82, 2.24) is 5.32 Å². The largest absolute Gasteiger partial charge is 0.486 e. The fourth-order valence-electron chi connectivity index (χ4n) is 2.14. The molecule has 4 nitrogen and oxygen atoms in total. The topological polar surface area (TPSA) is 39.7 Å². The van der Waals surface area contributed by atoms with E-state index < -0.39 is 0 Å². The smallest absolute Gasteiger partial charge is 0.161 e. The van der Waals surface area contributed by atoms with Crippen LogP contribution in [0.25, 0.3) is 0 Å². The van der Waals surface area contributed by atoms with Crippen LogP contribution in [0.1, 0.15) is 31.9 Å². The van der Waals surface area contributed by atoms with E-state index in [-0.39, 0.29) is 6.04 Å². The van der Waals surface area contributed by atoms with Crippen molar-refractivity contribution < 1.29 is 14.2 Å². The molecule has 20 heavy (non-hydrogen) atoms. The van der Waals surface area contributed by atoms with Crippen LogP contribution < -0.4 is 14.8 Å². The predicted molar refractivity (Wildman–Crippen MR) is 79.5 cm³/mol. The Morgan fingerprint density at radius 2 is 1.95 bits per heavy atom. The highest BCUT2D eigenvalue weighted by Crippen LogP contribution is 2.32. The van der Waals surface area contributed by atoms with Gasteiger partial charge in [-0.25, -0.2) is 0 Å². The first-order chi connectivity index (χ1) is 9.70. The normalized spacial score (nSPS) is 15.4. The van der Waals surface area contributed by atoms with Crippen LogP contribution in [0.15, 0.2) is 18.2 Å². The maximum atomic E-state index is 5.76. The average molecular weight is 279 g/mol. The van der Waals surface area contributed by atoms with Gasteiger partial charge in [0.2, 0.25) is 0 Å². The van der Waals surface area contributed by atoms with E-state index in [1.54, 1.807) is 0 Å². The average Bonchev–Trinajstić information content (AvgIpc) is 2.46. The Hall–Kier alpha value is -1.26. The van der Waals surface area contributed by atoms with Gasteiger partial charge in [-0.3, -0.25) is 0 Å². The highest BCUT2D eigenvalue weighted by Gasteiger charge is 2.16. The van der Waals surface area contributed by atoms with Crippen LogP contribution in [0.3, 0.4) is 0 Å². The molecule has 1 aromatic carbocycles. The first-order valence-corrected chi connectivity index (χ1v) is 7.35. The summed E-state index contributed by atoms with van der Waals surface area (Å²) in [6, 6.07) is 6.27. The summed E-state index contributed by atoms with van der Waals surface area (Å²) in [7, 11) is 1.95. The highest BCUT2D eigenvalue weighted by molar-refractivity contribution is 5.44. The zero-order valence-corrected chi connectivity index (χ0v) is 12.6. The van der Waals surface area contributed by atoms with Crippen molar-refractivity contribution in [1.29, 1.82) is 0 Å². The zero-order valence-electron chi connectivity index (χ0n) is 12.6. The van der Waals surface area contributed by atoms with Crippen molar-refractivity contribution in [3.63, 3.8) is 0 Å². The van der Waals surface area contributed by atoms with Crippen LogP contribution in [0.2, 0.25) is 0 Å². The molecule has 1 heterocycles. The molecule has 0 amide bonds. The number of benzene rings is 1. The van der Waals surface area contributed by atoms with Gasteiger partial charge in [-0.1, -0.05) is 19.9 Å². The number of hydrogen-bond acceptors (Lipinski definition) is 4. The molecule has 0 saturated heterocycles. The molecule has 112 valence electrons. The molecular formula is C16H25NO3. The van der Waals surface area contributed by atoms with Gasteiger partial charge < -0.3 is 19.5 Å². The molecule has 0 saturated carbocycles. The van der Waals surface area contributed by atoms with Gasteiger partial charge >= 0.3 is 0 Å². The lowest BCUT2D eigenvalue weighted by atomic mass is 10.1. The summed E-state index contributed by atoms with van der Waals surface area (Å²) < 4.78 is 16.9. The Morgan fingerprint density at radius 1 is 1.20 bits per heavy atom. The van der Waals surface area contributed by atoms with Gasteiger partial charge in [0.15, 0.2) is 11.5 Å². The minimum absolute atomic E-state index is 0.179. The van der Waals surface area contributed by atoms with Crippen LogP contribution >= 0.6 is 0 Å². The second-order valence-electron chi connectivity index (χ2n) is 5.50. The molecule has 1 aromatic rings. The first kappa shape index (κ1) is 15.1. The van der Waals surface area contributed by atoms with Gasteiger partial charge in [0.25, 0.3) is 0 Å². The van der Waals surface area contributed by atoms with E-state index in [1.165, 1.54) is 5.56 Å². The number of hydrogen-bond donors (Lipinski definition) is 1. The van der Waals surface area contributed by atoms with E-state index in [2.05, 4.69) is 25.2 Å². The molecule has 0 aliphatic carbocycles. The molecule has 1 unspecified atom stereocenters. The van der Waals surface area contributed by atoms with Gasteiger partial charge in [0.05, 0.1) is 12.6 Å². The van der Waals surface area contributed by atoms with Crippen LogP contribution in [-0.4, -0.2) is 33.5 Å². The van der Waals surface area contributed by atoms with Gasteiger partial charge in [-0.15, -0.1) is 0 Å². The molecule has 1 aliphatic heterocycles. The van der Waals surface area contributed by atoms with Gasteiger partial charge in [0, 0.05) is 6.61 Å². The molecule has 0 radical (unpaired) electrons. The predicted octanol–water partition coefficient (Wildman–Crippen LogP) is 2.78. The fraction of sp³-hybridized carbons (Fsp3) is 0.625. The zero-order chi connectivity index (χ0) is 14.4. The van der Waals surface area contributed by atoms with Crippen LogP contribution in [0.5, 0.6) is 11.5 Å². The van der Waals surface area contributed by atoms with Gasteiger partial charge in [0.1, 0.15) is 13.2 Å². The molecule has 1 N–H and O–H groups in total. The Morgan fingerprint density at radius 3 is 2.65 bits per heavy atom. The van der Waals surface area contributed by atoms with Gasteiger partial charge in [-0.2, -0.15) is 0 Å². The molecule has 1 aliphatic rings. The second-order valence-corrected chi connectivity index (χ2v) is 5.50. The number of rotatable bonds is 7. The number of likely N-dealkylation sites (N-methyl/N-ethyl adjacent to an activating group) is 1. The van der Waals surface area contributed by atoms with E-state index in [4.69, 9.17) is 14.2 Å². The summed E-state index contributed by atoms with van der Waals surface area (Å²) in [6.07, 6.45) is 1.09. The van der Waals surface area contributed by atoms with Crippen molar-refractivity contribution in [3.8, 4) is 11.5 Å². The lowest BCUT2D eigenvalue weighted by molar-refractivity contribution is 0.104. The van der Waals surface area contributed by atoms with E-state index in [0.717, 1.165) is 24.5 Å². The van der Waals surface area contributed by atoms with E-state index in [0.29, 0.717) is 25.7 Å². The lowest BCUT2D eigenvalue weighted by Gasteiger charge is -2.22. The number of fused-ring (bicyclic) bond motifs is 1. The van der Waals surface area contributed by atoms with Crippen molar-refractivity contribution in [2.45, 2.75) is 26.3 Å². The minimum atomic E-state index is 0.179. The van der Waals surface area contributed by atoms with Crippen molar-refractivity contribution in [3.05, 3.63) is 23.8 Å². The molecule has 2 rings (SSSR count). The summed E-state index contributed by atoms with van der Waals surface area (Å²) in [5.74, 6) is 2.34. The maximum absolute atomic E-state index is 5.76. The van der Waals surface area contributed by atoms with Gasteiger partial charge in [-0.05, 0) is 37.1 Å². The summed E-state index contributed by atoms with van der Waals surface area (Å²) in [4.78, 5) is 0. The highest BCUT2D eigenvalue weighted by atomic mass is 16.6. The quantitative estimate of drug-likeness (QED) is 0.779. The first-order valence-electron chi connectivity index (χ1n) is 7.35. The van der Waals surface area contributed by atoms with Crippen LogP contribution in [0.4, 0.5) is 0 Å². The summed E-state index contributed by atoms with van der Waals surface area (Å²) >= 11 is 0. The third-order valence-electron chi connectivity index (χ3n) is 3.44. The summed E-state index contributed by atoms with van der Waals surface area (Å²) in [5.41, 5.74) is 1.17. The Labute approximate surface area is 121 Å². The fourth-order valence-corrected chi connectivity index (χ4v) is 2.14. The molecule has 1 atom stereocenters. The van der Waals surface area contributed by atoms with E-state index in [9.17, 15) is 0 Å². The molecule has 4 heteroatoms. The SMILES string of the molecule is CNC(COCCC(C)C)c1ccc2c(c1)OCCO2. The summed E-state index contributed by atoms with van der Waals surface area (Å²) in [6.45, 7) is 7.13. The van der Waals surface area contributed by atoms with Crippen molar-refractivity contribution >= 4 is 0 Å². The van der Waals surface area contributed by atoms with Crippen molar-refractivity contribution in [2.24, 2.45) is 5.92 Å². The molecule has 0 spiro atoms. The molecule has 0 fully saturated rings. The van der Waals surface area contributed by atoms with Crippen LogP contribution in [-0.2, 0) is 4.74 Å². The molecule has 0 aromatic heterocycles. The maximum Gasteiger partial charge on any atom is 0.161 e. The van der Waals surface area contributed by atoms with E-state index >= 15 is 0 Å². The minimum Gasteiger partial charge on any atom is -0.486 e.